The first kappa shape index (κ1) is 15.7. The molecular formula is C13H19N3O4S. The van der Waals surface area contributed by atoms with Crippen molar-refractivity contribution < 1.29 is 17.3 Å². The number of furan rings is 1. The van der Waals surface area contributed by atoms with Gasteiger partial charge in [-0.1, -0.05) is 0 Å². The van der Waals surface area contributed by atoms with Crippen LogP contribution in [0.5, 0.6) is 0 Å². The van der Waals surface area contributed by atoms with Crippen LogP contribution >= 0.6 is 0 Å². The van der Waals surface area contributed by atoms with Gasteiger partial charge >= 0.3 is 0 Å². The van der Waals surface area contributed by atoms with Crippen LogP contribution in [0.3, 0.4) is 0 Å². The van der Waals surface area contributed by atoms with E-state index in [0.717, 1.165) is 5.69 Å². The molecule has 116 valence electrons. The van der Waals surface area contributed by atoms with Crippen LogP contribution in [0.2, 0.25) is 0 Å². The zero-order valence-corrected chi connectivity index (χ0v) is 13.3. The molecule has 0 saturated heterocycles. The number of hydrogen-bond acceptors (Lipinski definition) is 6. The van der Waals surface area contributed by atoms with Crippen LogP contribution in [0.15, 0.2) is 19.8 Å². The molecule has 0 saturated carbocycles. The molecule has 0 amide bonds. The zero-order chi connectivity index (χ0) is 15.6. The zero-order valence-electron chi connectivity index (χ0n) is 12.5. The summed E-state index contributed by atoms with van der Waals surface area (Å²) in [6, 6.07) is 1.51. The van der Waals surface area contributed by atoms with Crippen molar-refractivity contribution in [2.75, 3.05) is 7.05 Å². The molecule has 0 aliphatic heterocycles. The van der Waals surface area contributed by atoms with Crippen molar-refractivity contribution in [1.82, 2.24) is 15.0 Å². The summed E-state index contributed by atoms with van der Waals surface area (Å²) in [5.74, 6) is 1.94. The Kier molecular flexibility index (Phi) is 4.50. The summed E-state index contributed by atoms with van der Waals surface area (Å²) in [5.41, 5.74) is 0.750. The van der Waals surface area contributed by atoms with E-state index in [1.807, 2.05) is 0 Å². The minimum atomic E-state index is -3.66. The maximum Gasteiger partial charge on any atom is 0.244 e. The summed E-state index contributed by atoms with van der Waals surface area (Å²) in [6.45, 7) is 5.68. The van der Waals surface area contributed by atoms with E-state index >= 15 is 0 Å². The highest BCUT2D eigenvalue weighted by Crippen LogP contribution is 2.20. The number of aromatic nitrogens is 1. The Morgan fingerprint density at radius 2 is 1.86 bits per heavy atom. The maximum atomic E-state index is 12.3. The Balaban J connectivity index is 2.14. The SMILES string of the molecule is CNCc1cc(S(=O)(=O)NCc2nc(C)c(C)o2)c(C)o1. The van der Waals surface area contributed by atoms with E-state index in [0.29, 0.717) is 29.7 Å². The van der Waals surface area contributed by atoms with Crippen LogP contribution < -0.4 is 10.0 Å². The Labute approximate surface area is 123 Å². The van der Waals surface area contributed by atoms with Crippen molar-refractivity contribution in [3.05, 3.63) is 34.9 Å². The number of oxazole rings is 1. The molecule has 8 heteroatoms. The number of rotatable bonds is 6. The highest BCUT2D eigenvalue weighted by molar-refractivity contribution is 7.89. The van der Waals surface area contributed by atoms with E-state index in [-0.39, 0.29) is 11.4 Å². The average molecular weight is 313 g/mol. The predicted octanol–water partition coefficient (Wildman–Crippen LogP) is 1.39. The van der Waals surface area contributed by atoms with E-state index in [9.17, 15) is 8.42 Å². The Bertz CT molecular complexity index is 711. The summed E-state index contributed by atoms with van der Waals surface area (Å²) in [4.78, 5) is 4.27. The van der Waals surface area contributed by atoms with Crippen LogP contribution in [0, 0.1) is 20.8 Å². The third kappa shape index (κ3) is 3.52. The first-order valence-corrected chi connectivity index (χ1v) is 7.98. The molecular weight excluding hydrogens is 294 g/mol. The molecule has 0 unspecified atom stereocenters. The van der Waals surface area contributed by atoms with Crippen LogP contribution in [-0.4, -0.2) is 20.4 Å². The fraction of sp³-hybridized carbons (Fsp3) is 0.462. The Hall–Kier alpha value is -1.64. The topological polar surface area (TPSA) is 97.4 Å². The van der Waals surface area contributed by atoms with Crippen LogP contribution in [-0.2, 0) is 23.1 Å². The highest BCUT2D eigenvalue weighted by Gasteiger charge is 2.22. The molecule has 0 radical (unpaired) electrons. The van der Waals surface area contributed by atoms with Crippen LogP contribution in [0.25, 0.3) is 0 Å². The fourth-order valence-corrected chi connectivity index (χ4v) is 3.08. The van der Waals surface area contributed by atoms with Crippen molar-refractivity contribution in [3.63, 3.8) is 0 Å². The van der Waals surface area contributed by atoms with Gasteiger partial charge in [0.1, 0.15) is 22.2 Å². The largest absolute Gasteiger partial charge is 0.464 e. The minimum Gasteiger partial charge on any atom is -0.464 e. The number of sulfonamides is 1. The van der Waals surface area contributed by atoms with Gasteiger partial charge < -0.3 is 14.2 Å². The summed E-state index contributed by atoms with van der Waals surface area (Å²) < 4.78 is 37.8. The molecule has 2 rings (SSSR count). The van der Waals surface area contributed by atoms with E-state index < -0.39 is 10.0 Å². The van der Waals surface area contributed by atoms with Crippen LogP contribution in [0.1, 0.15) is 28.9 Å². The molecule has 2 aromatic rings. The second-order valence-electron chi connectivity index (χ2n) is 4.74. The normalized spacial score (nSPS) is 12.0. The fourth-order valence-electron chi connectivity index (χ4n) is 1.90. The molecule has 0 aliphatic rings. The van der Waals surface area contributed by atoms with Crippen molar-refractivity contribution in [3.8, 4) is 0 Å². The van der Waals surface area contributed by atoms with Gasteiger partial charge in [0.2, 0.25) is 15.9 Å². The average Bonchev–Trinajstić information content (AvgIpc) is 2.92. The second-order valence-corrected chi connectivity index (χ2v) is 6.47. The molecule has 0 aromatic carbocycles. The molecule has 0 atom stereocenters. The van der Waals surface area contributed by atoms with Crippen molar-refractivity contribution >= 4 is 10.0 Å². The predicted molar refractivity (Wildman–Crippen MR) is 76.2 cm³/mol. The standard InChI is InChI=1S/C13H19N3O4S/c1-8-9(2)20-13(16-8)7-15-21(17,18)12-5-11(6-14-4)19-10(12)3/h5,14-15H,6-7H2,1-4H3. The van der Waals surface area contributed by atoms with Gasteiger partial charge in [0.05, 0.1) is 18.8 Å². The highest BCUT2D eigenvalue weighted by atomic mass is 32.2. The van der Waals surface area contributed by atoms with E-state index in [2.05, 4.69) is 15.0 Å². The van der Waals surface area contributed by atoms with Crippen molar-refractivity contribution in [2.24, 2.45) is 0 Å². The van der Waals surface area contributed by atoms with Gasteiger partial charge in [-0.15, -0.1) is 0 Å². The summed E-state index contributed by atoms with van der Waals surface area (Å²) in [7, 11) is -1.90. The van der Waals surface area contributed by atoms with Gasteiger partial charge in [0.25, 0.3) is 0 Å². The minimum absolute atomic E-state index is 0.00297. The Morgan fingerprint density at radius 3 is 2.43 bits per heavy atom. The molecule has 0 aliphatic carbocycles. The molecule has 0 bridgehead atoms. The van der Waals surface area contributed by atoms with Gasteiger partial charge in [0, 0.05) is 6.07 Å². The smallest absolute Gasteiger partial charge is 0.244 e. The third-order valence-corrected chi connectivity index (χ3v) is 4.56. The van der Waals surface area contributed by atoms with Crippen molar-refractivity contribution in [2.45, 2.75) is 38.8 Å². The van der Waals surface area contributed by atoms with E-state index in [1.54, 1.807) is 27.8 Å². The molecule has 0 spiro atoms. The number of nitrogens with one attached hydrogen (secondary N) is 2. The van der Waals surface area contributed by atoms with Gasteiger partial charge in [0.15, 0.2) is 0 Å². The molecule has 2 aromatic heterocycles. The first-order chi connectivity index (χ1) is 9.83. The van der Waals surface area contributed by atoms with Gasteiger partial charge in [-0.05, 0) is 27.8 Å². The number of aryl methyl sites for hydroxylation is 3. The number of nitrogens with zero attached hydrogens (tertiary/aromatic N) is 1. The van der Waals surface area contributed by atoms with Crippen molar-refractivity contribution in [1.29, 1.82) is 0 Å². The lowest BCUT2D eigenvalue weighted by atomic mass is 10.4. The van der Waals surface area contributed by atoms with Gasteiger partial charge in [-0.25, -0.2) is 18.1 Å². The molecule has 21 heavy (non-hydrogen) atoms. The lowest BCUT2D eigenvalue weighted by molar-refractivity contribution is 0.459. The third-order valence-electron chi connectivity index (χ3n) is 3.05. The van der Waals surface area contributed by atoms with Gasteiger partial charge in [-0.2, -0.15) is 0 Å². The maximum absolute atomic E-state index is 12.3. The monoisotopic (exact) mass is 313 g/mol. The van der Waals surface area contributed by atoms with Crippen LogP contribution in [0.4, 0.5) is 0 Å². The van der Waals surface area contributed by atoms with E-state index in [1.165, 1.54) is 6.07 Å². The summed E-state index contributed by atoms with van der Waals surface area (Å²) >= 11 is 0. The molecule has 2 N–H and O–H groups in total. The molecule has 7 nitrogen and oxygen atoms in total. The number of hydrogen-bond donors (Lipinski definition) is 2. The van der Waals surface area contributed by atoms with Gasteiger partial charge in [-0.3, -0.25) is 0 Å². The lowest BCUT2D eigenvalue weighted by Crippen LogP contribution is -2.23. The quantitative estimate of drug-likeness (QED) is 0.836. The first-order valence-electron chi connectivity index (χ1n) is 6.50. The Morgan fingerprint density at radius 1 is 1.14 bits per heavy atom. The second kappa shape index (κ2) is 6.00. The van der Waals surface area contributed by atoms with E-state index in [4.69, 9.17) is 8.83 Å². The molecule has 2 heterocycles. The summed E-state index contributed by atoms with van der Waals surface area (Å²) in [6.07, 6.45) is 0. The summed E-state index contributed by atoms with van der Waals surface area (Å²) in [5, 5.41) is 2.91. The molecule has 0 fully saturated rings. The lowest BCUT2D eigenvalue weighted by Gasteiger charge is -2.02.